The van der Waals surface area contributed by atoms with Gasteiger partial charge in [-0.1, -0.05) is 30.3 Å². The summed E-state index contributed by atoms with van der Waals surface area (Å²) in [5, 5.41) is 4.03. The molecule has 9 heteroatoms. The number of benzene rings is 2. The number of amides is 1. The minimum Gasteiger partial charge on any atom is -0.317 e. The molecule has 0 unspecified atom stereocenters. The predicted octanol–water partition coefficient (Wildman–Crippen LogP) is 3.77. The molecule has 0 saturated heterocycles. The molecular weight excluding hydrogens is 480 g/mol. The Bertz CT molecular complexity index is 1220. The Balaban J connectivity index is 1.74. The molecular formula is C22H23BrN4O3S. The number of nitrogens with zero attached hydrogens (tertiary/aromatic N) is 3. The number of aryl methyl sites for hydroxylation is 1. The highest BCUT2D eigenvalue weighted by Crippen LogP contribution is 2.26. The summed E-state index contributed by atoms with van der Waals surface area (Å²) in [7, 11) is -3.62. The molecule has 3 aromatic rings. The molecule has 0 bridgehead atoms. The Morgan fingerprint density at radius 2 is 1.77 bits per heavy atom. The summed E-state index contributed by atoms with van der Waals surface area (Å²) in [6.45, 7) is 3.60. The van der Waals surface area contributed by atoms with E-state index in [1.54, 1.807) is 36.5 Å². The Labute approximate surface area is 190 Å². The van der Waals surface area contributed by atoms with Crippen LogP contribution in [0.25, 0.3) is 5.69 Å². The van der Waals surface area contributed by atoms with Crippen molar-refractivity contribution in [1.29, 1.82) is 0 Å². The molecule has 31 heavy (non-hydrogen) atoms. The van der Waals surface area contributed by atoms with Gasteiger partial charge in [0.15, 0.2) is 0 Å². The topological polar surface area (TPSA) is 83.8 Å². The zero-order valence-corrected chi connectivity index (χ0v) is 19.8. The summed E-state index contributed by atoms with van der Waals surface area (Å²) >= 11 is 3.58. The molecule has 1 amide bonds. The first kappa shape index (κ1) is 22.8. The number of anilines is 1. The maximum absolute atomic E-state index is 12.3. The van der Waals surface area contributed by atoms with Gasteiger partial charge in [0.2, 0.25) is 10.0 Å². The molecule has 2 aromatic carbocycles. The van der Waals surface area contributed by atoms with E-state index < -0.39 is 15.9 Å². The minimum atomic E-state index is -3.62. The third kappa shape index (κ3) is 5.42. The van der Waals surface area contributed by atoms with E-state index in [1.807, 2.05) is 44.2 Å². The molecule has 162 valence electrons. The van der Waals surface area contributed by atoms with E-state index in [-0.39, 0.29) is 6.54 Å². The molecule has 0 fully saturated rings. The first-order chi connectivity index (χ1) is 14.7. The molecule has 0 aliphatic carbocycles. The van der Waals surface area contributed by atoms with Crippen LogP contribution in [0.3, 0.4) is 0 Å². The smallest absolute Gasteiger partial charge is 0.260 e. The molecule has 7 nitrogen and oxygen atoms in total. The first-order valence-corrected chi connectivity index (χ1v) is 12.1. The Hall–Kier alpha value is -2.91. The van der Waals surface area contributed by atoms with Gasteiger partial charge in [-0.25, -0.2) is 13.8 Å². The molecule has 0 radical (unpaired) electrons. The van der Waals surface area contributed by atoms with Crippen LogP contribution in [0.4, 0.5) is 5.69 Å². The lowest BCUT2D eigenvalue weighted by atomic mass is 10.2. The lowest BCUT2D eigenvalue weighted by Gasteiger charge is -2.21. The predicted molar refractivity (Wildman–Crippen MR) is 127 cm³/mol. The van der Waals surface area contributed by atoms with Gasteiger partial charge in [0.05, 0.1) is 23.8 Å². The molecule has 0 aliphatic heterocycles. The van der Waals surface area contributed by atoms with E-state index in [4.69, 9.17) is 0 Å². The highest BCUT2D eigenvalue weighted by atomic mass is 79.9. The number of sulfonamides is 1. The van der Waals surface area contributed by atoms with Crippen molar-refractivity contribution in [3.05, 3.63) is 82.1 Å². The zero-order chi connectivity index (χ0) is 22.6. The molecule has 0 spiro atoms. The summed E-state index contributed by atoms with van der Waals surface area (Å²) in [6.07, 6.45) is 2.62. The number of carbonyl (C=O) groups is 1. The minimum absolute atomic E-state index is 0.365. The Morgan fingerprint density at radius 3 is 2.42 bits per heavy atom. The van der Waals surface area contributed by atoms with E-state index >= 15 is 0 Å². The summed E-state index contributed by atoms with van der Waals surface area (Å²) in [5.74, 6) is -0.537. The van der Waals surface area contributed by atoms with Gasteiger partial charge >= 0.3 is 0 Å². The molecule has 1 heterocycles. The third-order valence-electron chi connectivity index (χ3n) is 4.69. The molecule has 3 rings (SSSR count). The van der Waals surface area contributed by atoms with Crippen molar-refractivity contribution < 1.29 is 13.2 Å². The summed E-state index contributed by atoms with van der Waals surface area (Å²) < 4.78 is 28.3. The maximum Gasteiger partial charge on any atom is 0.260 e. The van der Waals surface area contributed by atoms with E-state index in [9.17, 15) is 13.2 Å². The van der Waals surface area contributed by atoms with Crippen molar-refractivity contribution in [3.8, 4) is 5.69 Å². The number of para-hydroxylation sites is 2. The van der Waals surface area contributed by atoms with Crippen LogP contribution in [-0.2, 0) is 14.8 Å². The van der Waals surface area contributed by atoms with Gasteiger partial charge in [-0.2, -0.15) is 5.10 Å². The van der Waals surface area contributed by atoms with Crippen molar-refractivity contribution in [1.82, 2.24) is 9.99 Å². The second-order valence-electron chi connectivity index (χ2n) is 7.01. The van der Waals surface area contributed by atoms with E-state index in [2.05, 4.69) is 31.0 Å². The lowest BCUT2D eigenvalue weighted by Crippen LogP contribution is -2.38. The average molecular weight is 503 g/mol. The van der Waals surface area contributed by atoms with Gasteiger partial charge in [0.1, 0.15) is 6.54 Å². The molecule has 0 atom stereocenters. The van der Waals surface area contributed by atoms with E-state index in [0.717, 1.165) is 37.7 Å². The lowest BCUT2D eigenvalue weighted by molar-refractivity contribution is -0.119. The van der Waals surface area contributed by atoms with Crippen molar-refractivity contribution in [2.75, 3.05) is 17.1 Å². The Kier molecular flexibility index (Phi) is 6.97. The van der Waals surface area contributed by atoms with E-state index in [0.29, 0.717) is 5.69 Å². The zero-order valence-electron chi connectivity index (χ0n) is 17.4. The normalized spacial score (nSPS) is 11.6. The van der Waals surface area contributed by atoms with Crippen LogP contribution in [0.1, 0.15) is 17.0 Å². The van der Waals surface area contributed by atoms with Crippen LogP contribution in [-0.4, -0.2) is 37.9 Å². The van der Waals surface area contributed by atoms with Crippen LogP contribution in [0.5, 0.6) is 0 Å². The van der Waals surface area contributed by atoms with Crippen molar-refractivity contribution in [3.63, 3.8) is 0 Å². The number of nitrogens with one attached hydrogen (secondary N) is 1. The fourth-order valence-electron chi connectivity index (χ4n) is 3.26. The van der Waals surface area contributed by atoms with E-state index in [1.165, 1.54) is 0 Å². The van der Waals surface area contributed by atoms with Gasteiger partial charge in [0, 0.05) is 21.4 Å². The SMILES string of the molecule is Cc1cc(/C=N\NC(=O)CN(c2ccccc2)S(C)(=O)=O)c(C)n1-c1ccccc1Br. The molecule has 1 N–H and O–H groups in total. The van der Waals surface area contributed by atoms with Crippen LogP contribution < -0.4 is 9.73 Å². The number of hydrogen-bond donors (Lipinski definition) is 1. The van der Waals surface area contributed by atoms with Gasteiger partial charge in [0.25, 0.3) is 5.91 Å². The van der Waals surface area contributed by atoms with Gasteiger partial charge in [-0.15, -0.1) is 0 Å². The van der Waals surface area contributed by atoms with Crippen molar-refractivity contribution in [2.45, 2.75) is 13.8 Å². The van der Waals surface area contributed by atoms with Crippen LogP contribution >= 0.6 is 15.9 Å². The maximum atomic E-state index is 12.3. The van der Waals surface area contributed by atoms with Crippen LogP contribution in [0.2, 0.25) is 0 Å². The van der Waals surface area contributed by atoms with Crippen molar-refractivity contribution in [2.24, 2.45) is 5.10 Å². The summed E-state index contributed by atoms with van der Waals surface area (Å²) in [6, 6.07) is 18.3. The average Bonchev–Trinajstić information content (AvgIpc) is 3.00. The number of carbonyl (C=O) groups excluding carboxylic acids is 1. The molecule has 0 saturated carbocycles. The quantitative estimate of drug-likeness (QED) is 0.394. The number of hydrazone groups is 1. The summed E-state index contributed by atoms with van der Waals surface area (Å²) in [5.41, 5.74) is 6.67. The number of rotatable bonds is 7. The highest BCUT2D eigenvalue weighted by molar-refractivity contribution is 9.10. The fraction of sp³-hybridized carbons (Fsp3) is 0.182. The van der Waals surface area contributed by atoms with Gasteiger partial charge in [-0.05, 0) is 60.1 Å². The van der Waals surface area contributed by atoms with Gasteiger partial charge < -0.3 is 4.57 Å². The van der Waals surface area contributed by atoms with Crippen molar-refractivity contribution >= 4 is 43.8 Å². The molecule has 1 aromatic heterocycles. The third-order valence-corrected chi connectivity index (χ3v) is 6.50. The summed E-state index contributed by atoms with van der Waals surface area (Å²) in [4.78, 5) is 12.3. The number of halogens is 1. The monoisotopic (exact) mass is 502 g/mol. The highest BCUT2D eigenvalue weighted by Gasteiger charge is 2.20. The second kappa shape index (κ2) is 9.49. The largest absolute Gasteiger partial charge is 0.317 e. The number of hydrogen-bond acceptors (Lipinski definition) is 4. The number of aromatic nitrogens is 1. The van der Waals surface area contributed by atoms with Gasteiger partial charge in [-0.3, -0.25) is 9.10 Å². The first-order valence-electron chi connectivity index (χ1n) is 9.47. The second-order valence-corrected chi connectivity index (χ2v) is 9.77. The Morgan fingerprint density at radius 1 is 1.13 bits per heavy atom. The standard InChI is InChI=1S/C22H23BrN4O3S/c1-16-13-18(17(2)27(16)21-12-8-7-11-20(21)23)14-24-25-22(28)15-26(31(3,29)30)19-9-5-4-6-10-19/h4-14H,15H2,1-3H3,(H,25,28)/b24-14-. The van der Waals surface area contributed by atoms with Crippen LogP contribution in [0.15, 0.2) is 70.2 Å². The van der Waals surface area contributed by atoms with Crippen LogP contribution in [0, 0.1) is 13.8 Å². The fourth-order valence-corrected chi connectivity index (χ4v) is 4.57. The molecule has 0 aliphatic rings.